The lowest BCUT2D eigenvalue weighted by Crippen LogP contribution is -2.44. The lowest BCUT2D eigenvalue weighted by molar-refractivity contribution is -0.138. The van der Waals surface area contributed by atoms with Crippen molar-refractivity contribution in [2.45, 2.75) is 38.5 Å². The Balaban J connectivity index is 1.34. The SMILES string of the molecule is O=C(C1CCN(Cc2ccccc2C(F)(F)F)CC1)N1CCc2sccc2C1. The third kappa shape index (κ3) is 4.10. The Morgan fingerprint density at radius 1 is 1.11 bits per heavy atom. The van der Waals surface area contributed by atoms with Gasteiger partial charge in [0.1, 0.15) is 0 Å². The molecule has 2 aliphatic rings. The lowest BCUT2D eigenvalue weighted by Gasteiger charge is -2.35. The van der Waals surface area contributed by atoms with E-state index in [0.717, 1.165) is 19.0 Å². The van der Waals surface area contributed by atoms with Crippen LogP contribution in [-0.4, -0.2) is 35.3 Å². The van der Waals surface area contributed by atoms with Crippen LogP contribution in [0.5, 0.6) is 0 Å². The molecule has 3 heterocycles. The summed E-state index contributed by atoms with van der Waals surface area (Å²) < 4.78 is 39.6. The van der Waals surface area contributed by atoms with Gasteiger partial charge in [0.2, 0.25) is 5.91 Å². The highest BCUT2D eigenvalue weighted by Gasteiger charge is 2.34. The van der Waals surface area contributed by atoms with Crippen molar-refractivity contribution in [1.29, 1.82) is 0 Å². The van der Waals surface area contributed by atoms with Crippen LogP contribution in [0.2, 0.25) is 0 Å². The molecule has 3 nitrogen and oxygen atoms in total. The van der Waals surface area contributed by atoms with Crippen LogP contribution in [0.25, 0.3) is 0 Å². The smallest absolute Gasteiger partial charge is 0.338 e. The zero-order valence-electron chi connectivity index (χ0n) is 15.5. The van der Waals surface area contributed by atoms with Gasteiger partial charge in [0.05, 0.1) is 5.56 Å². The van der Waals surface area contributed by atoms with E-state index in [0.29, 0.717) is 38.0 Å². The average Bonchev–Trinajstić information content (AvgIpc) is 3.15. The van der Waals surface area contributed by atoms with Crippen molar-refractivity contribution in [1.82, 2.24) is 9.80 Å². The first-order valence-electron chi connectivity index (χ1n) is 9.63. The molecule has 0 spiro atoms. The summed E-state index contributed by atoms with van der Waals surface area (Å²) >= 11 is 1.75. The summed E-state index contributed by atoms with van der Waals surface area (Å²) in [7, 11) is 0. The first-order chi connectivity index (χ1) is 13.4. The molecular formula is C21H23F3N2OS. The Bertz CT molecular complexity index is 840. The van der Waals surface area contributed by atoms with Gasteiger partial charge in [0, 0.05) is 30.4 Å². The number of piperidine rings is 1. The van der Waals surface area contributed by atoms with Crippen molar-refractivity contribution in [3.8, 4) is 0 Å². The Labute approximate surface area is 166 Å². The molecule has 1 aromatic heterocycles. The summed E-state index contributed by atoms with van der Waals surface area (Å²) in [6.45, 7) is 3.04. The number of fused-ring (bicyclic) bond motifs is 1. The van der Waals surface area contributed by atoms with E-state index in [-0.39, 0.29) is 18.4 Å². The van der Waals surface area contributed by atoms with Gasteiger partial charge in [-0.15, -0.1) is 11.3 Å². The maximum absolute atomic E-state index is 13.2. The van der Waals surface area contributed by atoms with E-state index in [9.17, 15) is 18.0 Å². The second-order valence-electron chi connectivity index (χ2n) is 7.58. The first-order valence-corrected chi connectivity index (χ1v) is 10.5. The molecular weight excluding hydrogens is 385 g/mol. The third-order valence-corrected chi connectivity index (χ3v) is 6.80. The minimum absolute atomic E-state index is 0.0192. The maximum atomic E-state index is 13.2. The summed E-state index contributed by atoms with van der Waals surface area (Å²) in [4.78, 5) is 18.3. The van der Waals surface area contributed by atoms with Gasteiger partial charge >= 0.3 is 6.18 Å². The molecule has 0 radical (unpaired) electrons. The van der Waals surface area contributed by atoms with E-state index < -0.39 is 11.7 Å². The largest absolute Gasteiger partial charge is 0.416 e. The second-order valence-corrected chi connectivity index (χ2v) is 8.58. The molecule has 150 valence electrons. The van der Waals surface area contributed by atoms with Crippen LogP contribution in [0.1, 0.15) is 34.4 Å². The van der Waals surface area contributed by atoms with Crippen molar-refractivity contribution in [2.24, 2.45) is 5.92 Å². The second kappa shape index (κ2) is 7.87. The van der Waals surface area contributed by atoms with Gasteiger partial charge in [-0.2, -0.15) is 13.2 Å². The average molecular weight is 408 g/mol. The number of likely N-dealkylation sites (tertiary alicyclic amines) is 1. The van der Waals surface area contributed by atoms with E-state index in [1.165, 1.54) is 16.5 Å². The number of benzene rings is 1. The molecule has 1 fully saturated rings. The highest BCUT2D eigenvalue weighted by atomic mass is 32.1. The molecule has 4 rings (SSSR count). The zero-order valence-corrected chi connectivity index (χ0v) is 16.4. The highest BCUT2D eigenvalue weighted by Crippen LogP contribution is 2.33. The van der Waals surface area contributed by atoms with Crippen molar-refractivity contribution < 1.29 is 18.0 Å². The Kier molecular flexibility index (Phi) is 5.47. The molecule has 1 saturated heterocycles. The van der Waals surface area contributed by atoms with Gasteiger partial charge in [0.15, 0.2) is 0 Å². The molecule has 1 aromatic carbocycles. The number of amides is 1. The molecule has 28 heavy (non-hydrogen) atoms. The number of hydrogen-bond donors (Lipinski definition) is 0. The quantitative estimate of drug-likeness (QED) is 0.743. The Hall–Kier alpha value is -1.86. The lowest BCUT2D eigenvalue weighted by atomic mass is 9.93. The minimum Gasteiger partial charge on any atom is -0.338 e. The predicted octanol–water partition coefficient (Wildman–Crippen LogP) is 4.56. The number of halogens is 3. The molecule has 0 aliphatic carbocycles. The van der Waals surface area contributed by atoms with Crippen LogP contribution in [0, 0.1) is 5.92 Å². The summed E-state index contributed by atoms with van der Waals surface area (Å²) in [5.41, 5.74) is 1.000. The summed E-state index contributed by atoms with van der Waals surface area (Å²) in [5, 5.41) is 2.08. The van der Waals surface area contributed by atoms with Gasteiger partial charge in [-0.1, -0.05) is 18.2 Å². The fourth-order valence-electron chi connectivity index (χ4n) is 4.21. The minimum atomic E-state index is -4.33. The zero-order chi connectivity index (χ0) is 19.7. The molecule has 2 aromatic rings. The standard InChI is InChI=1S/C21H23F3N2OS/c22-21(23,24)18-4-2-1-3-16(18)13-25-9-5-15(6-10-25)20(27)26-11-7-19-17(14-26)8-12-28-19/h1-4,8,12,15H,5-7,9-11,13-14H2. The summed E-state index contributed by atoms with van der Waals surface area (Å²) in [6.07, 6.45) is -1.99. The maximum Gasteiger partial charge on any atom is 0.416 e. The summed E-state index contributed by atoms with van der Waals surface area (Å²) in [5.74, 6) is 0.182. The van der Waals surface area contributed by atoms with E-state index >= 15 is 0 Å². The third-order valence-electron chi connectivity index (χ3n) is 5.77. The Morgan fingerprint density at radius 2 is 1.86 bits per heavy atom. The van der Waals surface area contributed by atoms with Gasteiger partial charge in [-0.05, 0) is 61.0 Å². The van der Waals surface area contributed by atoms with E-state index in [4.69, 9.17) is 0 Å². The monoisotopic (exact) mass is 408 g/mol. The van der Waals surface area contributed by atoms with Gasteiger partial charge < -0.3 is 4.90 Å². The number of nitrogens with zero attached hydrogens (tertiary/aromatic N) is 2. The van der Waals surface area contributed by atoms with E-state index in [1.54, 1.807) is 23.5 Å². The number of rotatable bonds is 3. The molecule has 1 amide bonds. The predicted molar refractivity (Wildman–Crippen MR) is 103 cm³/mol. The van der Waals surface area contributed by atoms with Crippen LogP contribution < -0.4 is 0 Å². The van der Waals surface area contributed by atoms with Gasteiger partial charge in [-0.25, -0.2) is 0 Å². The first kappa shape index (κ1) is 19.5. The Morgan fingerprint density at radius 3 is 2.61 bits per heavy atom. The van der Waals surface area contributed by atoms with Crippen LogP contribution in [0.15, 0.2) is 35.7 Å². The highest BCUT2D eigenvalue weighted by molar-refractivity contribution is 7.10. The fraction of sp³-hybridized carbons (Fsp3) is 0.476. The number of carbonyl (C=O) groups excluding carboxylic acids is 1. The molecule has 0 unspecified atom stereocenters. The normalized spacial score (nSPS) is 18.9. The van der Waals surface area contributed by atoms with Gasteiger partial charge in [0.25, 0.3) is 0 Å². The van der Waals surface area contributed by atoms with Gasteiger partial charge in [-0.3, -0.25) is 9.69 Å². The number of hydrogen-bond acceptors (Lipinski definition) is 3. The van der Waals surface area contributed by atoms with Crippen molar-refractivity contribution in [3.05, 3.63) is 57.3 Å². The summed E-state index contributed by atoms with van der Waals surface area (Å²) in [6, 6.07) is 7.86. The van der Waals surface area contributed by atoms with Crippen LogP contribution >= 0.6 is 11.3 Å². The topological polar surface area (TPSA) is 23.6 Å². The molecule has 0 N–H and O–H groups in total. The van der Waals surface area contributed by atoms with Crippen molar-refractivity contribution in [3.63, 3.8) is 0 Å². The van der Waals surface area contributed by atoms with Crippen molar-refractivity contribution in [2.75, 3.05) is 19.6 Å². The molecule has 2 aliphatic heterocycles. The molecule has 0 saturated carbocycles. The molecule has 7 heteroatoms. The molecule has 0 bridgehead atoms. The van der Waals surface area contributed by atoms with E-state index in [2.05, 4.69) is 11.4 Å². The van der Waals surface area contributed by atoms with Crippen molar-refractivity contribution >= 4 is 17.2 Å². The van der Waals surface area contributed by atoms with Crippen LogP contribution in [0.3, 0.4) is 0 Å². The molecule has 0 atom stereocenters. The van der Waals surface area contributed by atoms with E-state index in [1.807, 2.05) is 9.80 Å². The number of thiophene rings is 1. The number of carbonyl (C=O) groups is 1. The fourth-order valence-corrected chi connectivity index (χ4v) is 5.10. The van der Waals surface area contributed by atoms with Crippen LogP contribution in [-0.2, 0) is 30.5 Å². The van der Waals surface area contributed by atoms with Crippen LogP contribution in [0.4, 0.5) is 13.2 Å². The number of alkyl halides is 3.